The van der Waals surface area contributed by atoms with E-state index in [0.29, 0.717) is 19.0 Å². The first kappa shape index (κ1) is 13.4. The summed E-state index contributed by atoms with van der Waals surface area (Å²) in [5.74, 6) is -0.169. The zero-order chi connectivity index (χ0) is 11.0. The summed E-state index contributed by atoms with van der Waals surface area (Å²) in [7, 11) is 1.40. The number of carbonyl (C=O) groups is 1. The van der Waals surface area contributed by atoms with Gasteiger partial charge in [-0.3, -0.25) is 9.69 Å². The van der Waals surface area contributed by atoms with Crippen molar-refractivity contribution in [1.82, 2.24) is 4.90 Å². The highest BCUT2D eigenvalue weighted by atomic mass is 16.5. The van der Waals surface area contributed by atoms with Crippen molar-refractivity contribution in [2.75, 3.05) is 26.8 Å². The molecule has 0 heterocycles. The molecule has 0 rings (SSSR count). The lowest BCUT2D eigenvalue weighted by Gasteiger charge is -2.25. The van der Waals surface area contributed by atoms with Crippen molar-refractivity contribution in [2.24, 2.45) is 0 Å². The van der Waals surface area contributed by atoms with Gasteiger partial charge in [0.05, 0.1) is 13.7 Å². The minimum absolute atomic E-state index is 0.163. The number of rotatable bonds is 7. The van der Waals surface area contributed by atoms with Crippen molar-refractivity contribution in [3.63, 3.8) is 0 Å². The van der Waals surface area contributed by atoms with Crippen molar-refractivity contribution in [3.8, 4) is 0 Å². The molecule has 0 aromatic heterocycles. The summed E-state index contributed by atoms with van der Waals surface area (Å²) in [5.41, 5.74) is 0. The van der Waals surface area contributed by atoms with Gasteiger partial charge in [-0.2, -0.15) is 0 Å². The maximum atomic E-state index is 10.8. The Morgan fingerprint density at radius 3 is 2.50 bits per heavy atom. The van der Waals surface area contributed by atoms with Gasteiger partial charge in [-0.15, -0.1) is 0 Å². The van der Waals surface area contributed by atoms with E-state index in [9.17, 15) is 4.79 Å². The lowest BCUT2D eigenvalue weighted by molar-refractivity contribution is -0.140. The second kappa shape index (κ2) is 7.76. The van der Waals surface area contributed by atoms with E-state index in [1.165, 1.54) is 7.11 Å². The van der Waals surface area contributed by atoms with Crippen LogP contribution in [-0.4, -0.2) is 48.8 Å². The SMILES string of the molecule is COC(=O)CCCN(CCO)C(C)C. The molecule has 14 heavy (non-hydrogen) atoms. The fourth-order valence-corrected chi connectivity index (χ4v) is 1.29. The van der Waals surface area contributed by atoms with Crippen LogP contribution in [-0.2, 0) is 9.53 Å². The third-order valence-electron chi connectivity index (χ3n) is 2.17. The largest absolute Gasteiger partial charge is 0.469 e. The Balaban J connectivity index is 3.65. The number of esters is 1. The molecule has 0 aliphatic heterocycles. The number of hydrogen-bond donors (Lipinski definition) is 1. The topological polar surface area (TPSA) is 49.8 Å². The molecule has 0 aromatic carbocycles. The van der Waals surface area contributed by atoms with E-state index in [1.54, 1.807) is 0 Å². The molecule has 0 atom stereocenters. The Morgan fingerprint density at radius 2 is 2.07 bits per heavy atom. The molecular weight excluding hydrogens is 182 g/mol. The van der Waals surface area contributed by atoms with Crippen molar-refractivity contribution in [2.45, 2.75) is 32.7 Å². The van der Waals surface area contributed by atoms with Crippen LogP contribution in [0, 0.1) is 0 Å². The third kappa shape index (κ3) is 5.94. The van der Waals surface area contributed by atoms with Gasteiger partial charge in [0.15, 0.2) is 0 Å². The predicted octanol–water partition coefficient (Wildman–Crippen LogP) is 0.642. The van der Waals surface area contributed by atoms with Crippen molar-refractivity contribution in [1.29, 1.82) is 0 Å². The predicted molar refractivity (Wildman–Crippen MR) is 55.0 cm³/mol. The number of aliphatic hydroxyl groups excluding tert-OH is 1. The summed E-state index contributed by atoms with van der Waals surface area (Å²) in [4.78, 5) is 13.0. The number of ether oxygens (including phenoxy) is 1. The number of carbonyl (C=O) groups excluding carboxylic acids is 1. The average molecular weight is 203 g/mol. The molecule has 84 valence electrons. The van der Waals surface area contributed by atoms with Crippen LogP contribution in [0.5, 0.6) is 0 Å². The maximum Gasteiger partial charge on any atom is 0.305 e. The molecule has 0 unspecified atom stereocenters. The van der Waals surface area contributed by atoms with Crippen LogP contribution >= 0.6 is 0 Å². The number of hydrogen-bond acceptors (Lipinski definition) is 4. The highest BCUT2D eigenvalue weighted by Gasteiger charge is 2.09. The van der Waals surface area contributed by atoms with E-state index in [4.69, 9.17) is 5.11 Å². The molecule has 0 aliphatic rings. The van der Waals surface area contributed by atoms with E-state index in [0.717, 1.165) is 13.0 Å². The highest BCUT2D eigenvalue weighted by Crippen LogP contribution is 2.01. The van der Waals surface area contributed by atoms with Gasteiger partial charge in [-0.25, -0.2) is 0 Å². The second-order valence-electron chi connectivity index (χ2n) is 3.53. The van der Waals surface area contributed by atoms with Crippen molar-refractivity contribution >= 4 is 5.97 Å². The molecule has 4 nitrogen and oxygen atoms in total. The molecule has 4 heteroatoms. The molecule has 0 aromatic rings. The Hall–Kier alpha value is -0.610. The lowest BCUT2D eigenvalue weighted by Crippen LogP contribution is -2.34. The van der Waals surface area contributed by atoms with E-state index in [1.807, 2.05) is 0 Å². The minimum Gasteiger partial charge on any atom is -0.469 e. The summed E-state index contributed by atoms with van der Waals surface area (Å²) < 4.78 is 4.55. The fraction of sp³-hybridized carbons (Fsp3) is 0.900. The standard InChI is InChI=1S/C10H21NO3/c1-9(2)11(7-8-12)6-4-5-10(13)14-3/h9,12H,4-8H2,1-3H3. The Kier molecular flexibility index (Phi) is 7.42. The smallest absolute Gasteiger partial charge is 0.305 e. The maximum absolute atomic E-state index is 10.8. The summed E-state index contributed by atoms with van der Waals surface area (Å²) >= 11 is 0. The highest BCUT2D eigenvalue weighted by molar-refractivity contribution is 5.69. The molecule has 0 saturated heterocycles. The van der Waals surface area contributed by atoms with Gasteiger partial charge in [0.1, 0.15) is 0 Å². The van der Waals surface area contributed by atoms with E-state index >= 15 is 0 Å². The monoisotopic (exact) mass is 203 g/mol. The summed E-state index contributed by atoms with van der Waals surface area (Å²) in [6.07, 6.45) is 1.23. The normalized spacial score (nSPS) is 11.0. The average Bonchev–Trinajstić information content (AvgIpc) is 2.16. The molecule has 0 amide bonds. The Bertz CT molecular complexity index is 159. The number of methoxy groups -OCH3 is 1. The molecule has 0 spiro atoms. The van der Waals surface area contributed by atoms with Crippen LogP contribution < -0.4 is 0 Å². The number of aliphatic hydroxyl groups is 1. The summed E-state index contributed by atoms with van der Waals surface area (Å²) in [6, 6.07) is 0.403. The fourth-order valence-electron chi connectivity index (χ4n) is 1.29. The quantitative estimate of drug-likeness (QED) is 0.617. The molecular formula is C10H21NO3. The Morgan fingerprint density at radius 1 is 1.43 bits per heavy atom. The zero-order valence-electron chi connectivity index (χ0n) is 9.32. The molecule has 0 radical (unpaired) electrons. The summed E-state index contributed by atoms with van der Waals surface area (Å²) in [5, 5.41) is 8.81. The van der Waals surface area contributed by atoms with Crippen LogP contribution in [0.3, 0.4) is 0 Å². The molecule has 0 bridgehead atoms. The van der Waals surface area contributed by atoms with E-state index in [2.05, 4.69) is 23.5 Å². The van der Waals surface area contributed by atoms with E-state index < -0.39 is 0 Å². The minimum atomic E-state index is -0.169. The van der Waals surface area contributed by atoms with Gasteiger partial charge in [0.2, 0.25) is 0 Å². The number of nitrogens with zero attached hydrogens (tertiary/aromatic N) is 1. The first-order valence-corrected chi connectivity index (χ1v) is 5.03. The third-order valence-corrected chi connectivity index (χ3v) is 2.17. The van der Waals surface area contributed by atoms with Gasteiger partial charge in [-0.05, 0) is 26.8 Å². The molecule has 1 N–H and O–H groups in total. The second-order valence-corrected chi connectivity index (χ2v) is 3.53. The molecule has 0 aliphatic carbocycles. The van der Waals surface area contributed by atoms with Crippen LogP contribution in [0.25, 0.3) is 0 Å². The first-order valence-electron chi connectivity index (χ1n) is 5.03. The van der Waals surface area contributed by atoms with Gasteiger partial charge in [0, 0.05) is 19.0 Å². The summed E-state index contributed by atoms with van der Waals surface area (Å²) in [6.45, 7) is 5.81. The van der Waals surface area contributed by atoms with Crippen LogP contribution in [0.2, 0.25) is 0 Å². The van der Waals surface area contributed by atoms with Gasteiger partial charge >= 0.3 is 5.97 Å². The Labute approximate surface area is 85.9 Å². The van der Waals surface area contributed by atoms with Gasteiger partial charge in [0.25, 0.3) is 0 Å². The van der Waals surface area contributed by atoms with Gasteiger partial charge < -0.3 is 9.84 Å². The van der Waals surface area contributed by atoms with Crippen LogP contribution in [0.1, 0.15) is 26.7 Å². The lowest BCUT2D eigenvalue weighted by atomic mass is 10.2. The van der Waals surface area contributed by atoms with Crippen LogP contribution in [0.4, 0.5) is 0 Å². The molecule has 0 fully saturated rings. The van der Waals surface area contributed by atoms with Crippen LogP contribution in [0.15, 0.2) is 0 Å². The first-order chi connectivity index (χ1) is 6.61. The van der Waals surface area contributed by atoms with Crippen molar-refractivity contribution < 1.29 is 14.6 Å². The van der Waals surface area contributed by atoms with E-state index in [-0.39, 0.29) is 12.6 Å². The zero-order valence-corrected chi connectivity index (χ0v) is 9.32. The molecule has 0 saturated carbocycles. The van der Waals surface area contributed by atoms with Crippen molar-refractivity contribution in [3.05, 3.63) is 0 Å². The van der Waals surface area contributed by atoms with Gasteiger partial charge in [-0.1, -0.05) is 0 Å².